The first-order valence-corrected chi connectivity index (χ1v) is 7.89. The Balaban J connectivity index is 1.36. The number of aromatic nitrogens is 6. The van der Waals surface area contributed by atoms with Crippen LogP contribution in [0.15, 0.2) is 12.1 Å². The molecule has 0 saturated heterocycles. The molecule has 2 aromatic rings. The molecule has 2 amide bonds. The number of nitrogens with one attached hydrogen (secondary N) is 2. The standard InChI is InChI=1S/C14H18N8O/c1-8(13-19-20-21-22(13)10-4-5-10)15-14(23)16-12-7-6-11(17-18-12)9-2-3-9/h6-10H,2-5H2,1H3,(H2,15,16,18,23). The average molecular weight is 314 g/mol. The molecule has 2 aliphatic rings. The van der Waals surface area contributed by atoms with Gasteiger partial charge in [0.25, 0.3) is 0 Å². The van der Waals surface area contributed by atoms with E-state index >= 15 is 0 Å². The summed E-state index contributed by atoms with van der Waals surface area (Å²) in [5.41, 5.74) is 0.993. The molecule has 4 rings (SSSR count). The third-order valence-corrected chi connectivity index (χ3v) is 4.07. The molecular formula is C14H18N8O. The summed E-state index contributed by atoms with van der Waals surface area (Å²) >= 11 is 0. The van der Waals surface area contributed by atoms with Crippen molar-refractivity contribution in [2.75, 3.05) is 5.32 Å². The number of nitrogens with zero attached hydrogens (tertiary/aromatic N) is 6. The highest BCUT2D eigenvalue weighted by Gasteiger charge is 2.30. The Morgan fingerprint density at radius 3 is 2.70 bits per heavy atom. The maximum Gasteiger partial charge on any atom is 0.321 e. The van der Waals surface area contributed by atoms with E-state index in [4.69, 9.17) is 0 Å². The van der Waals surface area contributed by atoms with E-state index in [9.17, 15) is 4.79 Å². The van der Waals surface area contributed by atoms with Crippen LogP contribution in [0.25, 0.3) is 0 Å². The molecule has 2 aromatic heterocycles. The van der Waals surface area contributed by atoms with Gasteiger partial charge < -0.3 is 5.32 Å². The number of carbonyl (C=O) groups is 1. The van der Waals surface area contributed by atoms with Crippen LogP contribution in [0.2, 0.25) is 0 Å². The van der Waals surface area contributed by atoms with Crippen LogP contribution in [0.3, 0.4) is 0 Å². The van der Waals surface area contributed by atoms with Crippen molar-refractivity contribution in [3.05, 3.63) is 23.7 Å². The highest BCUT2D eigenvalue weighted by Crippen LogP contribution is 2.38. The molecule has 2 fully saturated rings. The van der Waals surface area contributed by atoms with Gasteiger partial charge in [0, 0.05) is 5.92 Å². The molecular weight excluding hydrogens is 296 g/mol. The molecule has 0 aliphatic heterocycles. The average Bonchev–Trinajstić information content (AvgIpc) is 3.46. The fourth-order valence-corrected chi connectivity index (χ4v) is 2.48. The maximum absolute atomic E-state index is 12.1. The SMILES string of the molecule is CC(NC(=O)Nc1ccc(C2CC2)nn1)c1nnnn1C1CC1. The monoisotopic (exact) mass is 314 g/mol. The van der Waals surface area contributed by atoms with Gasteiger partial charge in [0.15, 0.2) is 11.6 Å². The summed E-state index contributed by atoms with van der Waals surface area (Å²) in [7, 11) is 0. The first kappa shape index (κ1) is 14.0. The Kier molecular flexibility index (Phi) is 3.40. The summed E-state index contributed by atoms with van der Waals surface area (Å²) < 4.78 is 1.79. The molecule has 120 valence electrons. The smallest absolute Gasteiger partial charge is 0.321 e. The van der Waals surface area contributed by atoms with Crippen molar-refractivity contribution in [2.45, 2.75) is 50.6 Å². The van der Waals surface area contributed by atoms with Crippen LogP contribution in [0.1, 0.15) is 62.1 Å². The van der Waals surface area contributed by atoms with Crippen molar-refractivity contribution in [3.8, 4) is 0 Å². The molecule has 23 heavy (non-hydrogen) atoms. The van der Waals surface area contributed by atoms with Gasteiger partial charge in [0.2, 0.25) is 0 Å². The molecule has 2 N–H and O–H groups in total. The lowest BCUT2D eigenvalue weighted by atomic mass is 10.3. The second-order valence-electron chi connectivity index (χ2n) is 6.15. The highest BCUT2D eigenvalue weighted by molar-refractivity contribution is 5.88. The fraction of sp³-hybridized carbons (Fsp3) is 0.571. The molecule has 9 nitrogen and oxygen atoms in total. The lowest BCUT2D eigenvalue weighted by molar-refractivity contribution is 0.248. The van der Waals surface area contributed by atoms with Crippen molar-refractivity contribution in [3.63, 3.8) is 0 Å². The van der Waals surface area contributed by atoms with E-state index in [0.717, 1.165) is 18.5 Å². The maximum atomic E-state index is 12.1. The van der Waals surface area contributed by atoms with E-state index in [1.54, 1.807) is 10.7 Å². The zero-order valence-corrected chi connectivity index (χ0v) is 12.8. The Bertz CT molecular complexity index is 704. The third-order valence-electron chi connectivity index (χ3n) is 4.07. The number of carbonyl (C=O) groups excluding carboxylic acids is 1. The number of rotatable bonds is 5. The summed E-state index contributed by atoms with van der Waals surface area (Å²) in [6.07, 6.45) is 4.52. The van der Waals surface area contributed by atoms with Gasteiger partial charge in [0.1, 0.15) is 0 Å². The van der Waals surface area contributed by atoms with Crippen molar-refractivity contribution in [1.29, 1.82) is 0 Å². The van der Waals surface area contributed by atoms with E-state index in [2.05, 4.69) is 36.4 Å². The van der Waals surface area contributed by atoms with Crippen LogP contribution in [-0.4, -0.2) is 36.4 Å². The van der Waals surface area contributed by atoms with Crippen LogP contribution in [0.4, 0.5) is 10.6 Å². The lowest BCUT2D eigenvalue weighted by Crippen LogP contribution is -2.33. The van der Waals surface area contributed by atoms with Gasteiger partial charge in [-0.25, -0.2) is 9.48 Å². The molecule has 0 bridgehead atoms. The minimum Gasteiger partial charge on any atom is -0.328 e. The van der Waals surface area contributed by atoms with Crippen molar-refractivity contribution in [2.24, 2.45) is 0 Å². The minimum atomic E-state index is -0.351. The fourth-order valence-electron chi connectivity index (χ4n) is 2.48. The second kappa shape index (κ2) is 5.56. The molecule has 1 atom stereocenters. The van der Waals surface area contributed by atoms with Crippen LogP contribution in [-0.2, 0) is 0 Å². The third kappa shape index (κ3) is 3.13. The van der Waals surface area contributed by atoms with Crippen LogP contribution in [0.5, 0.6) is 0 Å². The zero-order chi connectivity index (χ0) is 15.8. The summed E-state index contributed by atoms with van der Waals surface area (Å²) in [5, 5.41) is 25.4. The van der Waals surface area contributed by atoms with Crippen molar-refractivity contribution < 1.29 is 4.79 Å². The molecule has 0 aromatic carbocycles. The first-order chi connectivity index (χ1) is 11.2. The zero-order valence-electron chi connectivity index (χ0n) is 12.8. The number of hydrogen-bond donors (Lipinski definition) is 2. The molecule has 2 heterocycles. The highest BCUT2D eigenvalue weighted by atomic mass is 16.2. The Morgan fingerprint density at radius 2 is 2.04 bits per heavy atom. The minimum absolute atomic E-state index is 0.288. The van der Waals surface area contributed by atoms with Gasteiger partial charge in [-0.05, 0) is 55.2 Å². The molecule has 1 unspecified atom stereocenters. The van der Waals surface area contributed by atoms with Gasteiger partial charge >= 0.3 is 6.03 Å². The van der Waals surface area contributed by atoms with Gasteiger partial charge in [-0.15, -0.1) is 10.2 Å². The van der Waals surface area contributed by atoms with Crippen molar-refractivity contribution in [1.82, 2.24) is 35.7 Å². The van der Waals surface area contributed by atoms with E-state index in [-0.39, 0.29) is 12.1 Å². The normalized spacial score (nSPS) is 18.5. The molecule has 2 saturated carbocycles. The van der Waals surface area contributed by atoms with Crippen LogP contribution < -0.4 is 10.6 Å². The quantitative estimate of drug-likeness (QED) is 0.866. The molecule has 0 spiro atoms. The molecule has 9 heteroatoms. The largest absolute Gasteiger partial charge is 0.328 e. The number of anilines is 1. The first-order valence-electron chi connectivity index (χ1n) is 7.89. The van der Waals surface area contributed by atoms with Gasteiger partial charge in [-0.2, -0.15) is 5.10 Å². The van der Waals surface area contributed by atoms with Crippen LogP contribution >= 0.6 is 0 Å². The number of urea groups is 1. The summed E-state index contributed by atoms with van der Waals surface area (Å²) in [5.74, 6) is 1.64. The Labute approximate surface area is 132 Å². The van der Waals surface area contributed by atoms with Gasteiger partial charge in [-0.1, -0.05) is 0 Å². The van der Waals surface area contributed by atoms with E-state index in [1.807, 2.05) is 13.0 Å². The Morgan fingerprint density at radius 1 is 1.22 bits per heavy atom. The van der Waals surface area contributed by atoms with Gasteiger partial charge in [-0.3, -0.25) is 5.32 Å². The van der Waals surface area contributed by atoms with Crippen LogP contribution in [0, 0.1) is 0 Å². The van der Waals surface area contributed by atoms with Gasteiger partial charge in [0.05, 0.1) is 17.8 Å². The predicted molar refractivity (Wildman–Crippen MR) is 80.7 cm³/mol. The number of tetrazole rings is 1. The van der Waals surface area contributed by atoms with E-state index in [1.165, 1.54) is 12.8 Å². The topological polar surface area (TPSA) is 111 Å². The number of hydrogen-bond acceptors (Lipinski definition) is 6. The van der Waals surface area contributed by atoms with Crippen molar-refractivity contribution >= 4 is 11.8 Å². The molecule has 2 aliphatic carbocycles. The number of amides is 2. The summed E-state index contributed by atoms with van der Waals surface area (Å²) in [4.78, 5) is 12.1. The summed E-state index contributed by atoms with van der Waals surface area (Å²) in [6, 6.07) is 3.42. The summed E-state index contributed by atoms with van der Waals surface area (Å²) in [6.45, 7) is 1.85. The second-order valence-corrected chi connectivity index (χ2v) is 6.15. The lowest BCUT2D eigenvalue weighted by Gasteiger charge is -2.13. The van der Waals surface area contributed by atoms with E-state index < -0.39 is 0 Å². The van der Waals surface area contributed by atoms with E-state index in [0.29, 0.717) is 23.6 Å². The Hall–Kier alpha value is -2.58. The molecule has 0 radical (unpaired) electrons. The predicted octanol–water partition coefficient (Wildman–Crippen LogP) is 1.56.